The van der Waals surface area contributed by atoms with Crippen molar-refractivity contribution in [1.82, 2.24) is 9.55 Å². The highest BCUT2D eigenvalue weighted by atomic mass is 16.5. The van der Waals surface area contributed by atoms with E-state index in [2.05, 4.69) is 23.4 Å². The summed E-state index contributed by atoms with van der Waals surface area (Å²) in [7, 11) is 0. The van der Waals surface area contributed by atoms with E-state index in [-0.39, 0.29) is 18.1 Å². The van der Waals surface area contributed by atoms with Gasteiger partial charge in [0.25, 0.3) is 0 Å². The molecule has 0 spiro atoms. The van der Waals surface area contributed by atoms with Gasteiger partial charge in [-0.3, -0.25) is 0 Å². The largest absolute Gasteiger partial charge is 0.478 e. The molecule has 21 heavy (non-hydrogen) atoms. The molecule has 2 unspecified atom stereocenters. The van der Waals surface area contributed by atoms with Crippen LogP contribution in [0.15, 0.2) is 18.2 Å². The number of benzene rings is 1. The maximum absolute atomic E-state index is 11.6. The molecule has 1 aromatic heterocycles. The summed E-state index contributed by atoms with van der Waals surface area (Å²) < 4.78 is 7.78. The SMILES string of the molecule is CC(C)c1nc2cccc(C(=O)O)c2n1C1CCOC1C. The summed E-state index contributed by atoms with van der Waals surface area (Å²) in [6.45, 7) is 6.91. The zero-order valence-electron chi connectivity index (χ0n) is 12.5. The molecular weight excluding hydrogens is 268 g/mol. The zero-order chi connectivity index (χ0) is 15.1. The lowest BCUT2D eigenvalue weighted by molar-refractivity contribution is 0.0697. The molecule has 2 heterocycles. The maximum Gasteiger partial charge on any atom is 0.337 e. The van der Waals surface area contributed by atoms with Gasteiger partial charge in [-0.2, -0.15) is 0 Å². The van der Waals surface area contributed by atoms with E-state index in [1.54, 1.807) is 12.1 Å². The highest BCUT2D eigenvalue weighted by Gasteiger charge is 2.31. The minimum absolute atomic E-state index is 0.0711. The number of carboxylic acid groups (broad SMARTS) is 1. The van der Waals surface area contributed by atoms with Crippen LogP contribution < -0.4 is 0 Å². The molecule has 3 rings (SSSR count). The Labute approximate surface area is 123 Å². The first-order valence-corrected chi connectivity index (χ1v) is 7.36. The number of carbonyl (C=O) groups is 1. The van der Waals surface area contributed by atoms with Crippen molar-refractivity contribution in [1.29, 1.82) is 0 Å². The van der Waals surface area contributed by atoms with Crippen LogP contribution in [0.2, 0.25) is 0 Å². The van der Waals surface area contributed by atoms with Crippen LogP contribution in [-0.2, 0) is 4.74 Å². The normalized spacial score (nSPS) is 22.3. The minimum atomic E-state index is -0.913. The molecule has 2 aromatic rings. The number of aromatic carboxylic acids is 1. The summed E-state index contributed by atoms with van der Waals surface area (Å²) in [5.74, 6) is 0.247. The van der Waals surface area contributed by atoms with Crippen molar-refractivity contribution >= 4 is 17.0 Å². The van der Waals surface area contributed by atoms with Crippen LogP contribution in [0.4, 0.5) is 0 Å². The molecule has 0 aliphatic carbocycles. The van der Waals surface area contributed by atoms with E-state index in [0.29, 0.717) is 12.2 Å². The number of fused-ring (bicyclic) bond motifs is 1. The van der Waals surface area contributed by atoms with Crippen LogP contribution in [0.3, 0.4) is 0 Å². The van der Waals surface area contributed by atoms with Crippen LogP contribution in [0.1, 0.15) is 55.3 Å². The van der Waals surface area contributed by atoms with Crippen LogP contribution in [0, 0.1) is 0 Å². The number of carboxylic acids is 1. The molecule has 1 aliphatic rings. The molecule has 112 valence electrons. The van der Waals surface area contributed by atoms with Crippen molar-refractivity contribution in [3.8, 4) is 0 Å². The molecule has 1 N–H and O–H groups in total. The van der Waals surface area contributed by atoms with Crippen LogP contribution in [-0.4, -0.2) is 33.3 Å². The number of ether oxygens (including phenoxy) is 1. The van der Waals surface area contributed by atoms with Gasteiger partial charge >= 0.3 is 5.97 Å². The lowest BCUT2D eigenvalue weighted by Crippen LogP contribution is -2.20. The summed E-state index contributed by atoms with van der Waals surface area (Å²) in [6.07, 6.45) is 0.960. The lowest BCUT2D eigenvalue weighted by atomic mass is 10.1. The average molecular weight is 288 g/mol. The van der Waals surface area contributed by atoms with Crippen molar-refractivity contribution in [2.45, 2.75) is 45.3 Å². The van der Waals surface area contributed by atoms with Crippen LogP contribution in [0.25, 0.3) is 11.0 Å². The fourth-order valence-corrected chi connectivity index (χ4v) is 3.14. The van der Waals surface area contributed by atoms with Gasteiger partial charge in [0.05, 0.1) is 28.7 Å². The number of nitrogens with zero attached hydrogens (tertiary/aromatic N) is 2. The molecule has 5 nitrogen and oxygen atoms in total. The first kappa shape index (κ1) is 14.1. The van der Waals surface area contributed by atoms with Gasteiger partial charge in [-0.05, 0) is 25.5 Å². The Bertz CT molecular complexity index is 690. The van der Waals surface area contributed by atoms with E-state index >= 15 is 0 Å². The van der Waals surface area contributed by atoms with Gasteiger partial charge < -0.3 is 14.4 Å². The molecule has 1 aromatic carbocycles. The van der Waals surface area contributed by atoms with Crippen LogP contribution >= 0.6 is 0 Å². The van der Waals surface area contributed by atoms with E-state index in [4.69, 9.17) is 4.74 Å². The lowest BCUT2D eigenvalue weighted by Gasteiger charge is -2.21. The summed E-state index contributed by atoms with van der Waals surface area (Å²) in [5.41, 5.74) is 1.78. The number of imidazole rings is 1. The predicted molar refractivity (Wildman–Crippen MR) is 79.8 cm³/mol. The van der Waals surface area contributed by atoms with Gasteiger partial charge in [-0.1, -0.05) is 19.9 Å². The number of hydrogen-bond acceptors (Lipinski definition) is 3. The second kappa shape index (κ2) is 5.15. The predicted octanol–water partition coefficient (Wildman–Crippen LogP) is 3.21. The fraction of sp³-hybridized carbons (Fsp3) is 0.500. The third kappa shape index (κ3) is 2.21. The summed E-state index contributed by atoms with van der Waals surface area (Å²) in [4.78, 5) is 16.2. The zero-order valence-corrected chi connectivity index (χ0v) is 12.5. The van der Waals surface area contributed by atoms with Crippen molar-refractivity contribution in [3.63, 3.8) is 0 Å². The minimum Gasteiger partial charge on any atom is -0.478 e. The average Bonchev–Trinajstić information content (AvgIpc) is 3.00. The molecule has 1 saturated heterocycles. The van der Waals surface area contributed by atoms with Crippen molar-refractivity contribution in [2.24, 2.45) is 0 Å². The van der Waals surface area contributed by atoms with Gasteiger partial charge in [-0.25, -0.2) is 9.78 Å². The van der Waals surface area contributed by atoms with E-state index < -0.39 is 5.97 Å². The van der Waals surface area contributed by atoms with E-state index in [0.717, 1.165) is 23.3 Å². The number of aromatic nitrogens is 2. The molecule has 0 amide bonds. The quantitative estimate of drug-likeness (QED) is 0.942. The monoisotopic (exact) mass is 288 g/mol. The number of hydrogen-bond donors (Lipinski definition) is 1. The van der Waals surface area contributed by atoms with Crippen molar-refractivity contribution in [3.05, 3.63) is 29.6 Å². The standard InChI is InChI=1S/C16H20N2O3/c1-9(2)15-17-12-6-4-5-11(16(19)20)14(12)18(15)13-7-8-21-10(13)3/h4-6,9-10,13H,7-8H2,1-3H3,(H,19,20). The molecule has 1 aliphatic heterocycles. The fourth-order valence-electron chi connectivity index (χ4n) is 3.14. The maximum atomic E-state index is 11.6. The third-order valence-electron chi connectivity index (χ3n) is 4.15. The Morgan fingerprint density at radius 3 is 2.81 bits per heavy atom. The van der Waals surface area contributed by atoms with Gasteiger partial charge in [-0.15, -0.1) is 0 Å². The number of rotatable bonds is 3. The second-order valence-corrected chi connectivity index (χ2v) is 5.91. The smallest absolute Gasteiger partial charge is 0.337 e. The highest BCUT2D eigenvalue weighted by Crippen LogP contribution is 2.34. The second-order valence-electron chi connectivity index (χ2n) is 5.91. The Morgan fingerprint density at radius 2 is 2.24 bits per heavy atom. The topological polar surface area (TPSA) is 64.3 Å². The number of para-hydroxylation sites is 1. The Balaban J connectivity index is 2.32. The third-order valence-corrected chi connectivity index (χ3v) is 4.15. The Hall–Kier alpha value is -1.88. The molecule has 5 heteroatoms. The molecule has 2 atom stereocenters. The molecule has 0 saturated carbocycles. The van der Waals surface area contributed by atoms with Crippen molar-refractivity contribution < 1.29 is 14.6 Å². The van der Waals surface area contributed by atoms with Gasteiger partial charge in [0.2, 0.25) is 0 Å². The van der Waals surface area contributed by atoms with Gasteiger partial charge in [0.1, 0.15) is 5.82 Å². The van der Waals surface area contributed by atoms with E-state index in [9.17, 15) is 9.90 Å². The summed E-state index contributed by atoms with van der Waals surface area (Å²) in [6, 6.07) is 5.42. The molecule has 0 radical (unpaired) electrons. The Kier molecular flexibility index (Phi) is 3.45. The molecular formula is C16H20N2O3. The van der Waals surface area contributed by atoms with Crippen molar-refractivity contribution in [2.75, 3.05) is 6.61 Å². The van der Waals surface area contributed by atoms with Crippen LogP contribution in [0.5, 0.6) is 0 Å². The van der Waals surface area contributed by atoms with Gasteiger partial charge in [0.15, 0.2) is 0 Å². The molecule has 1 fully saturated rings. The first-order chi connectivity index (χ1) is 10.0. The summed E-state index contributed by atoms with van der Waals surface area (Å²) >= 11 is 0. The van der Waals surface area contributed by atoms with E-state index in [1.807, 2.05) is 13.0 Å². The summed E-state index contributed by atoms with van der Waals surface area (Å²) in [5, 5.41) is 9.49. The van der Waals surface area contributed by atoms with Gasteiger partial charge in [0, 0.05) is 12.5 Å². The Morgan fingerprint density at radius 1 is 1.48 bits per heavy atom. The first-order valence-electron chi connectivity index (χ1n) is 7.36. The highest BCUT2D eigenvalue weighted by molar-refractivity contribution is 6.01. The van der Waals surface area contributed by atoms with E-state index in [1.165, 1.54) is 0 Å². The molecule has 0 bridgehead atoms.